The van der Waals surface area contributed by atoms with Gasteiger partial charge in [-0.05, 0) is 36.8 Å². The van der Waals surface area contributed by atoms with Crippen LogP contribution in [0.15, 0.2) is 53.0 Å². The molecule has 1 N–H and O–H groups in total. The van der Waals surface area contributed by atoms with Crippen molar-refractivity contribution in [3.63, 3.8) is 0 Å². The van der Waals surface area contributed by atoms with E-state index in [1.54, 1.807) is 28.0 Å². The van der Waals surface area contributed by atoms with Crippen LogP contribution in [0, 0.1) is 0 Å². The number of phenolic OH excluding ortho intramolecular Hbond substituents is 1. The van der Waals surface area contributed by atoms with E-state index in [1.807, 2.05) is 24.3 Å². The SMILES string of the molecule is O=C(CCCOc1cccc(Br)c1)N1CCN(C(=O)c2ccccc2O)CC1. The normalized spacial score (nSPS) is 14.0. The first kappa shape index (κ1) is 20.2. The lowest BCUT2D eigenvalue weighted by atomic mass is 10.1. The summed E-state index contributed by atoms with van der Waals surface area (Å²) < 4.78 is 6.61. The standard InChI is InChI=1S/C21H23BrN2O4/c22-16-5-3-6-17(15-16)28-14-4-9-20(26)23-10-12-24(13-11-23)21(27)18-7-1-2-8-19(18)25/h1-3,5-8,15,25H,4,9-14H2. The molecule has 2 amide bonds. The molecule has 0 saturated carbocycles. The van der Waals surface area contributed by atoms with Crippen LogP contribution in [0.2, 0.25) is 0 Å². The second-order valence-electron chi connectivity index (χ2n) is 6.60. The quantitative estimate of drug-likeness (QED) is 0.691. The first-order chi connectivity index (χ1) is 13.5. The highest BCUT2D eigenvalue weighted by atomic mass is 79.9. The zero-order valence-corrected chi connectivity index (χ0v) is 17.1. The minimum absolute atomic E-state index is 0.0172. The molecule has 1 heterocycles. The molecule has 2 aromatic rings. The molecule has 0 atom stereocenters. The van der Waals surface area contributed by atoms with Crippen LogP contribution in [0.1, 0.15) is 23.2 Å². The van der Waals surface area contributed by atoms with Gasteiger partial charge in [-0.25, -0.2) is 0 Å². The van der Waals surface area contributed by atoms with Gasteiger partial charge in [0.25, 0.3) is 5.91 Å². The van der Waals surface area contributed by atoms with Gasteiger partial charge in [-0.3, -0.25) is 9.59 Å². The average molecular weight is 447 g/mol. The van der Waals surface area contributed by atoms with Gasteiger partial charge in [0.15, 0.2) is 0 Å². The van der Waals surface area contributed by atoms with Crippen LogP contribution in [0.5, 0.6) is 11.5 Å². The Morgan fingerprint density at radius 1 is 1.00 bits per heavy atom. The summed E-state index contributed by atoms with van der Waals surface area (Å²) in [5.74, 6) is 0.634. The molecule has 28 heavy (non-hydrogen) atoms. The number of ether oxygens (including phenoxy) is 1. The molecule has 0 bridgehead atoms. The zero-order chi connectivity index (χ0) is 19.9. The number of carbonyl (C=O) groups is 2. The van der Waals surface area contributed by atoms with Crippen molar-refractivity contribution in [1.82, 2.24) is 9.80 Å². The molecule has 2 aromatic carbocycles. The lowest BCUT2D eigenvalue weighted by Crippen LogP contribution is -2.50. The Morgan fingerprint density at radius 3 is 2.43 bits per heavy atom. The lowest BCUT2D eigenvalue weighted by Gasteiger charge is -2.35. The molecule has 1 aliphatic heterocycles. The molecule has 0 aliphatic carbocycles. The third-order valence-electron chi connectivity index (χ3n) is 4.65. The van der Waals surface area contributed by atoms with E-state index in [1.165, 1.54) is 6.07 Å². The van der Waals surface area contributed by atoms with Crippen LogP contribution < -0.4 is 4.74 Å². The number of hydrogen-bond acceptors (Lipinski definition) is 4. The van der Waals surface area contributed by atoms with Gasteiger partial charge >= 0.3 is 0 Å². The van der Waals surface area contributed by atoms with Crippen LogP contribution >= 0.6 is 15.9 Å². The molecular formula is C21H23BrN2O4. The third kappa shape index (κ3) is 5.25. The number of benzene rings is 2. The molecule has 3 rings (SSSR count). The predicted octanol–water partition coefficient (Wildman–Crippen LogP) is 3.30. The monoisotopic (exact) mass is 446 g/mol. The number of rotatable bonds is 6. The van der Waals surface area contributed by atoms with Crippen molar-refractivity contribution in [2.24, 2.45) is 0 Å². The zero-order valence-electron chi connectivity index (χ0n) is 15.5. The lowest BCUT2D eigenvalue weighted by molar-refractivity contribution is -0.132. The van der Waals surface area contributed by atoms with E-state index in [0.717, 1.165) is 10.2 Å². The first-order valence-electron chi connectivity index (χ1n) is 9.28. The van der Waals surface area contributed by atoms with Crippen molar-refractivity contribution >= 4 is 27.7 Å². The molecule has 7 heteroatoms. The summed E-state index contributed by atoms with van der Waals surface area (Å²) in [5.41, 5.74) is 0.298. The summed E-state index contributed by atoms with van der Waals surface area (Å²) in [6.45, 7) is 2.42. The van der Waals surface area contributed by atoms with Crippen molar-refractivity contribution < 1.29 is 19.4 Å². The fourth-order valence-electron chi connectivity index (χ4n) is 3.11. The minimum atomic E-state index is -0.201. The Labute approximate surface area is 172 Å². The predicted molar refractivity (Wildman–Crippen MR) is 109 cm³/mol. The van der Waals surface area contributed by atoms with Gasteiger partial charge in [-0.15, -0.1) is 0 Å². The highest BCUT2D eigenvalue weighted by Gasteiger charge is 2.25. The second kappa shape index (κ2) is 9.59. The topological polar surface area (TPSA) is 70.1 Å². The number of nitrogens with zero attached hydrogens (tertiary/aromatic N) is 2. The molecule has 0 radical (unpaired) electrons. The van der Waals surface area contributed by atoms with Gasteiger partial charge in [0.1, 0.15) is 11.5 Å². The second-order valence-corrected chi connectivity index (χ2v) is 7.52. The van der Waals surface area contributed by atoms with Crippen LogP contribution in [0.25, 0.3) is 0 Å². The highest BCUT2D eigenvalue weighted by Crippen LogP contribution is 2.20. The van der Waals surface area contributed by atoms with Gasteiger partial charge < -0.3 is 19.6 Å². The van der Waals surface area contributed by atoms with Gasteiger partial charge in [-0.1, -0.05) is 34.1 Å². The Morgan fingerprint density at radius 2 is 1.71 bits per heavy atom. The smallest absolute Gasteiger partial charge is 0.257 e. The highest BCUT2D eigenvalue weighted by molar-refractivity contribution is 9.10. The van der Waals surface area contributed by atoms with Gasteiger partial charge in [0, 0.05) is 37.1 Å². The van der Waals surface area contributed by atoms with Crippen molar-refractivity contribution in [2.75, 3.05) is 32.8 Å². The number of hydrogen-bond donors (Lipinski definition) is 1. The van der Waals surface area contributed by atoms with Gasteiger partial charge in [0.05, 0.1) is 12.2 Å². The molecule has 6 nitrogen and oxygen atoms in total. The van der Waals surface area contributed by atoms with E-state index in [0.29, 0.717) is 51.2 Å². The Balaban J connectivity index is 1.40. The van der Waals surface area contributed by atoms with E-state index >= 15 is 0 Å². The van der Waals surface area contributed by atoms with E-state index in [2.05, 4.69) is 15.9 Å². The van der Waals surface area contributed by atoms with E-state index < -0.39 is 0 Å². The molecule has 0 aromatic heterocycles. The Hall–Kier alpha value is -2.54. The van der Waals surface area contributed by atoms with Crippen molar-refractivity contribution in [2.45, 2.75) is 12.8 Å². The maximum atomic E-state index is 12.5. The molecule has 1 aliphatic rings. The maximum Gasteiger partial charge on any atom is 0.257 e. The largest absolute Gasteiger partial charge is 0.507 e. The summed E-state index contributed by atoms with van der Waals surface area (Å²) in [5, 5.41) is 9.84. The molecule has 0 spiro atoms. The number of halogens is 1. The first-order valence-corrected chi connectivity index (χ1v) is 10.1. The summed E-state index contributed by atoms with van der Waals surface area (Å²) in [7, 11) is 0. The van der Waals surface area contributed by atoms with Crippen molar-refractivity contribution in [3.05, 3.63) is 58.6 Å². The number of piperazine rings is 1. The molecule has 1 saturated heterocycles. The summed E-state index contributed by atoms with van der Waals surface area (Å²) in [6.07, 6.45) is 1.06. The third-order valence-corrected chi connectivity index (χ3v) is 5.15. The molecule has 148 valence electrons. The van der Waals surface area contributed by atoms with Crippen LogP contribution in [-0.4, -0.2) is 59.5 Å². The number of para-hydroxylation sites is 1. The van der Waals surface area contributed by atoms with Gasteiger partial charge in [0.2, 0.25) is 5.91 Å². The molecule has 0 unspecified atom stereocenters. The summed E-state index contributed by atoms with van der Waals surface area (Å²) in [6, 6.07) is 14.1. The van der Waals surface area contributed by atoms with E-state index in [4.69, 9.17) is 4.74 Å². The van der Waals surface area contributed by atoms with E-state index in [-0.39, 0.29) is 17.6 Å². The van der Waals surface area contributed by atoms with Crippen LogP contribution in [-0.2, 0) is 4.79 Å². The minimum Gasteiger partial charge on any atom is -0.507 e. The Kier molecular flexibility index (Phi) is 6.92. The number of phenols is 1. The number of aromatic hydroxyl groups is 1. The summed E-state index contributed by atoms with van der Waals surface area (Å²) >= 11 is 3.40. The van der Waals surface area contributed by atoms with Crippen molar-refractivity contribution in [1.29, 1.82) is 0 Å². The van der Waals surface area contributed by atoms with Crippen molar-refractivity contribution in [3.8, 4) is 11.5 Å². The average Bonchev–Trinajstić information content (AvgIpc) is 2.71. The van der Waals surface area contributed by atoms with Gasteiger partial charge in [-0.2, -0.15) is 0 Å². The maximum absolute atomic E-state index is 12.5. The van der Waals surface area contributed by atoms with E-state index in [9.17, 15) is 14.7 Å². The van der Waals surface area contributed by atoms with Crippen LogP contribution in [0.4, 0.5) is 0 Å². The summed E-state index contributed by atoms with van der Waals surface area (Å²) in [4.78, 5) is 28.4. The Bertz CT molecular complexity index is 835. The number of carbonyl (C=O) groups excluding carboxylic acids is 2. The molecular weight excluding hydrogens is 424 g/mol. The van der Waals surface area contributed by atoms with Crippen LogP contribution in [0.3, 0.4) is 0 Å². The number of amides is 2. The fraction of sp³-hybridized carbons (Fsp3) is 0.333. The fourth-order valence-corrected chi connectivity index (χ4v) is 3.49. The molecule has 1 fully saturated rings.